The summed E-state index contributed by atoms with van der Waals surface area (Å²) >= 11 is 0. The van der Waals surface area contributed by atoms with Gasteiger partial charge in [-0.2, -0.15) is 0 Å². The van der Waals surface area contributed by atoms with Gasteiger partial charge in [0.2, 0.25) is 0 Å². The topological polar surface area (TPSA) is 29.1 Å². The molecule has 116 valence electrons. The van der Waals surface area contributed by atoms with Gasteiger partial charge in [-0.15, -0.1) is 0 Å². The summed E-state index contributed by atoms with van der Waals surface area (Å²) in [5, 5.41) is 3.64. The van der Waals surface area contributed by atoms with Crippen LogP contribution in [0.1, 0.15) is 35.4 Å². The zero-order chi connectivity index (χ0) is 15.6. The molecule has 0 saturated heterocycles. The van der Waals surface area contributed by atoms with Crippen LogP contribution in [-0.2, 0) is 17.6 Å². The maximum Gasteiger partial charge on any atom is 0.158 e. The number of nitrogens with one attached hydrogen (secondary N) is 1. The van der Waals surface area contributed by atoms with E-state index in [4.69, 9.17) is 0 Å². The first-order valence-electron chi connectivity index (χ1n) is 8.39. The van der Waals surface area contributed by atoms with Crippen molar-refractivity contribution in [1.82, 2.24) is 5.32 Å². The van der Waals surface area contributed by atoms with Crippen LogP contribution in [0.4, 0.5) is 0 Å². The largest absolute Gasteiger partial charge is 0.385 e. The van der Waals surface area contributed by atoms with E-state index in [1.165, 1.54) is 16.7 Å². The summed E-state index contributed by atoms with van der Waals surface area (Å²) in [6.07, 6.45) is 5.49. The monoisotopic (exact) mass is 303 g/mol. The Morgan fingerprint density at radius 1 is 0.783 bits per heavy atom. The summed E-state index contributed by atoms with van der Waals surface area (Å²) in [6, 6.07) is 19.5. The first-order chi connectivity index (χ1) is 11.3. The van der Waals surface area contributed by atoms with Crippen LogP contribution in [0.3, 0.4) is 0 Å². The second-order valence-electron chi connectivity index (χ2n) is 6.67. The van der Waals surface area contributed by atoms with E-state index in [0.29, 0.717) is 18.4 Å². The molecular formula is C21H21NO. The van der Waals surface area contributed by atoms with Gasteiger partial charge in [0.15, 0.2) is 5.78 Å². The predicted octanol–water partition coefficient (Wildman–Crippen LogP) is 3.77. The van der Waals surface area contributed by atoms with Gasteiger partial charge in [-0.1, -0.05) is 54.6 Å². The molecule has 2 heteroatoms. The first-order valence-corrected chi connectivity index (χ1v) is 8.39. The third-order valence-electron chi connectivity index (χ3n) is 4.96. The normalized spacial score (nSPS) is 21.0. The Labute approximate surface area is 137 Å². The Balaban J connectivity index is 1.46. The second-order valence-corrected chi connectivity index (χ2v) is 6.67. The molecule has 23 heavy (non-hydrogen) atoms. The standard InChI is InChI=1S/C21H21NO/c23-21-13-18(15-6-2-1-3-7-15)12-20(14-21)22-19-10-16-8-4-5-9-17(16)11-19/h1-9,14,18-19,22H,10-13H2/t18-/m1/s1. The minimum Gasteiger partial charge on any atom is -0.385 e. The molecule has 0 bridgehead atoms. The fourth-order valence-electron chi connectivity index (χ4n) is 3.88. The lowest BCUT2D eigenvalue weighted by molar-refractivity contribution is -0.115. The number of rotatable bonds is 3. The fraction of sp³-hybridized carbons (Fsp3) is 0.286. The van der Waals surface area contributed by atoms with Gasteiger partial charge in [0, 0.05) is 24.2 Å². The minimum atomic E-state index is 0.239. The van der Waals surface area contributed by atoms with Crippen molar-refractivity contribution >= 4 is 5.78 Å². The van der Waals surface area contributed by atoms with Crippen LogP contribution in [0.25, 0.3) is 0 Å². The lowest BCUT2D eigenvalue weighted by Gasteiger charge is -2.25. The average molecular weight is 303 g/mol. The highest BCUT2D eigenvalue weighted by atomic mass is 16.1. The van der Waals surface area contributed by atoms with Crippen LogP contribution < -0.4 is 5.32 Å². The maximum atomic E-state index is 12.1. The molecular weight excluding hydrogens is 282 g/mol. The SMILES string of the molecule is O=C1C=C(NC2Cc3ccccc3C2)C[C@@H](c2ccccc2)C1. The van der Waals surface area contributed by atoms with Gasteiger partial charge in [0.05, 0.1) is 0 Å². The molecule has 2 aromatic carbocycles. The molecule has 0 aliphatic heterocycles. The summed E-state index contributed by atoms with van der Waals surface area (Å²) in [6.45, 7) is 0. The fourth-order valence-corrected chi connectivity index (χ4v) is 3.88. The zero-order valence-electron chi connectivity index (χ0n) is 13.2. The van der Waals surface area contributed by atoms with Crippen LogP contribution in [0, 0.1) is 0 Å². The van der Waals surface area contributed by atoms with Crippen LogP contribution >= 0.6 is 0 Å². The molecule has 0 aromatic heterocycles. The predicted molar refractivity (Wildman–Crippen MR) is 92.3 cm³/mol. The minimum absolute atomic E-state index is 0.239. The number of allylic oxidation sites excluding steroid dienone is 2. The van der Waals surface area contributed by atoms with Gasteiger partial charge in [-0.25, -0.2) is 0 Å². The van der Waals surface area contributed by atoms with Crippen LogP contribution in [0.5, 0.6) is 0 Å². The molecule has 0 heterocycles. The smallest absolute Gasteiger partial charge is 0.158 e. The Kier molecular flexibility index (Phi) is 3.74. The zero-order valence-corrected chi connectivity index (χ0v) is 13.2. The van der Waals surface area contributed by atoms with E-state index in [9.17, 15) is 4.79 Å². The Hall–Kier alpha value is -2.35. The molecule has 0 saturated carbocycles. The van der Waals surface area contributed by atoms with Crippen molar-refractivity contribution in [3.05, 3.63) is 83.1 Å². The number of fused-ring (bicyclic) bond motifs is 1. The Bertz CT molecular complexity index is 722. The number of hydrogen-bond donors (Lipinski definition) is 1. The van der Waals surface area contributed by atoms with E-state index in [2.05, 4.69) is 53.8 Å². The first kappa shape index (κ1) is 14.3. The molecule has 1 N–H and O–H groups in total. The van der Waals surface area contributed by atoms with Crippen LogP contribution in [-0.4, -0.2) is 11.8 Å². The summed E-state index contributed by atoms with van der Waals surface area (Å²) < 4.78 is 0. The highest BCUT2D eigenvalue weighted by molar-refractivity contribution is 5.92. The molecule has 0 amide bonds. The van der Waals surface area contributed by atoms with E-state index < -0.39 is 0 Å². The number of carbonyl (C=O) groups excluding carboxylic acids is 1. The molecule has 0 radical (unpaired) electrons. The average Bonchev–Trinajstić information content (AvgIpc) is 2.97. The Morgan fingerprint density at radius 3 is 2.13 bits per heavy atom. The van der Waals surface area contributed by atoms with Crippen LogP contribution in [0.2, 0.25) is 0 Å². The molecule has 2 nitrogen and oxygen atoms in total. The molecule has 0 unspecified atom stereocenters. The van der Waals surface area contributed by atoms with Crippen molar-refractivity contribution in [2.45, 2.75) is 37.6 Å². The molecule has 0 spiro atoms. The highest BCUT2D eigenvalue weighted by Crippen LogP contribution is 2.31. The maximum absolute atomic E-state index is 12.1. The van der Waals surface area contributed by atoms with Crippen molar-refractivity contribution in [3.8, 4) is 0 Å². The molecule has 4 rings (SSSR count). The van der Waals surface area contributed by atoms with Gasteiger partial charge in [-0.3, -0.25) is 4.79 Å². The molecule has 0 fully saturated rings. The number of ketones is 1. The molecule has 2 aromatic rings. The quantitative estimate of drug-likeness (QED) is 0.935. The third-order valence-corrected chi connectivity index (χ3v) is 4.96. The van der Waals surface area contributed by atoms with Gasteiger partial charge in [0.1, 0.15) is 0 Å². The molecule has 1 atom stereocenters. The summed E-state index contributed by atoms with van der Waals surface area (Å²) in [5.74, 6) is 0.545. The lowest BCUT2D eigenvalue weighted by Crippen LogP contribution is -2.32. The lowest BCUT2D eigenvalue weighted by atomic mass is 9.85. The second kappa shape index (κ2) is 6.04. The van der Waals surface area contributed by atoms with Gasteiger partial charge in [-0.05, 0) is 41.9 Å². The molecule has 2 aliphatic carbocycles. The summed E-state index contributed by atoms with van der Waals surface area (Å²) in [7, 11) is 0. The van der Waals surface area contributed by atoms with E-state index in [1.807, 2.05) is 12.1 Å². The molecule has 2 aliphatic rings. The van der Waals surface area contributed by atoms with Crippen molar-refractivity contribution in [2.24, 2.45) is 0 Å². The number of hydrogen-bond acceptors (Lipinski definition) is 2. The van der Waals surface area contributed by atoms with Gasteiger partial charge < -0.3 is 5.32 Å². The van der Waals surface area contributed by atoms with Crippen molar-refractivity contribution < 1.29 is 4.79 Å². The van der Waals surface area contributed by atoms with Crippen LogP contribution in [0.15, 0.2) is 66.4 Å². The summed E-state index contributed by atoms with van der Waals surface area (Å²) in [5.41, 5.74) is 5.25. The van der Waals surface area contributed by atoms with Crippen molar-refractivity contribution in [3.63, 3.8) is 0 Å². The van der Waals surface area contributed by atoms with Crippen molar-refractivity contribution in [2.75, 3.05) is 0 Å². The van der Waals surface area contributed by atoms with E-state index >= 15 is 0 Å². The summed E-state index contributed by atoms with van der Waals surface area (Å²) in [4.78, 5) is 12.1. The Morgan fingerprint density at radius 2 is 1.43 bits per heavy atom. The van der Waals surface area contributed by atoms with E-state index in [1.54, 1.807) is 0 Å². The van der Waals surface area contributed by atoms with E-state index in [-0.39, 0.29) is 5.78 Å². The van der Waals surface area contributed by atoms with Gasteiger partial charge in [0.25, 0.3) is 0 Å². The number of benzene rings is 2. The van der Waals surface area contributed by atoms with Gasteiger partial charge >= 0.3 is 0 Å². The third kappa shape index (κ3) is 3.07. The van der Waals surface area contributed by atoms with E-state index in [0.717, 1.165) is 25.0 Å². The number of carbonyl (C=O) groups is 1. The highest BCUT2D eigenvalue weighted by Gasteiger charge is 2.26. The van der Waals surface area contributed by atoms with Crippen molar-refractivity contribution in [1.29, 1.82) is 0 Å².